The molecule has 0 unspecified atom stereocenters. The number of hydrogen-bond acceptors (Lipinski definition) is 4. The average molecular weight is 348 g/mol. The molecular formula is C11H13IN2O3. The van der Waals surface area contributed by atoms with Crippen molar-refractivity contribution >= 4 is 28.5 Å². The van der Waals surface area contributed by atoms with Crippen LogP contribution in [0.15, 0.2) is 18.2 Å². The topological polar surface area (TPSA) is 61.8 Å². The Morgan fingerprint density at radius 2 is 2.12 bits per heavy atom. The van der Waals surface area contributed by atoms with E-state index in [2.05, 4.69) is 5.43 Å². The number of morpholine rings is 1. The molecule has 1 aromatic rings. The summed E-state index contributed by atoms with van der Waals surface area (Å²) in [5, 5.41) is 11.4. The standard InChI is InChI=1S/C11H13IN2O3/c12-9-2-1-8(7-10(9)15)11(16)13-14-3-5-17-6-4-14/h1-2,7,15H,3-6H2,(H,13,16). The quantitative estimate of drug-likeness (QED) is 0.783. The molecule has 0 radical (unpaired) electrons. The predicted molar refractivity (Wildman–Crippen MR) is 70.7 cm³/mol. The molecular weight excluding hydrogens is 335 g/mol. The minimum Gasteiger partial charge on any atom is -0.507 e. The molecule has 17 heavy (non-hydrogen) atoms. The number of carbonyl (C=O) groups excluding carboxylic acids is 1. The Morgan fingerprint density at radius 3 is 2.76 bits per heavy atom. The zero-order chi connectivity index (χ0) is 12.3. The van der Waals surface area contributed by atoms with Crippen molar-refractivity contribution in [3.05, 3.63) is 27.3 Å². The van der Waals surface area contributed by atoms with E-state index in [0.717, 1.165) is 3.57 Å². The summed E-state index contributed by atoms with van der Waals surface area (Å²) in [7, 11) is 0. The van der Waals surface area contributed by atoms with E-state index in [9.17, 15) is 9.90 Å². The highest BCUT2D eigenvalue weighted by atomic mass is 127. The maximum Gasteiger partial charge on any atom is 0.265 e. The fraction of sp³-hybridized carbons (Fsp3) is 0.364. The summed E-state index contributed by atoms with van der Waals surface area (Å²) in [6.07, 6.45) is 0. The monoisotopic (exact) mass is 348 g/mol. The van der Waals surface area contributed by atoms with E-state index >= 15 is 0 Å². The minimum absolute atomic E-state index is 0.125. The summed E-state index contributed by atoms with van der Waals surface area (Å²) in [6.45, 7) is 2.61. The third kappa shape index (κ3) is 3.30. The number of phenols is 1. The number of nitrogens with one attached hydrogen (secondary N) is 1. The number of halogens is 1. The van der Waals surface area contributed by atoms with Gasteiger partial charge in [-0.3, -0.25) is 10.2 Å². The van der Waals surface area contributed by atoms with Crippen LogP contribution in [-0.4, -0.2) is 42.3 Å². The molecule has 0 atom stereocenters. The first-order valence-electron chi connectivity index (χ1n) is 5.29. The Kier molecular flexibility index (Phi) is 4.19. The van der Waals surface area contributed by atoms with Gasteiger partial charge in [-0.25, -0.2) is 5.01 Å². The first kappa shape index (κ1) is 12.6. The van der Waals surface area contributed by atoms with Gasteiger partial charge in [0.1, 0.15) is 5.75 Å². The summed E-state index contributed by atoms with van der Waals surface area (Å²) >= 11 is 2.01. The highest BCUT2D eigenvalue weighted by Gasteiger charge is 2.14. The van der Waals surface area contributed by atoms with Gasteiger partial charge >= 0.3 is 0 Å². The average Bonchev–Trinajstić information content (AvgIpc) is 2.34. The van der Waals surface area contributed by atoms with Crippen LogP contribution in [0.2, 0.25) is 0 Å². The molecule has 0 aliphatic carbocycles. The lowest BCUT2D eigenvalue weighted by molar-refractivity contribution is 0.0126. The molecule has 0 spiro atoms. The molecule has 0 saturated carbocycles. The number of hydrogen-bond donors (Lipinski definition) is 2. The van der Waals surface area contributed by atoms with E-state index in [-0.39, 0.29) is 11.7 Å². The van der Waals surface area contributed by atoms with Crippen LogP contribution >= 0.6 is 22.6 Å². The molecule has 0 bridgehead atoms. The molecule has 5 nitrogen and oxygen atoms in total. The van der Waals surface area contributed by atoms with Crippen LogP contribution < -0.4 is 5.43 Å². The summed E-state index contributed by atoms with van der Waals surface area (Å²) in [6, 6.07) is 4.87. The van der Waals surface area contributed by atoms with Crippen molar-refractivity contribution < 1.29 is 14.6 Å². The first-order chi connectivity index (χ1) is 8.16. The molecule has 1 aliphatic heterocycles. The largest absolute Gasteiger partial charge is 0.507 e. The summed E-state index contributed by atoms with van der Waals surface area (Å²) in [5.74, 6) is -0.0844. The van der Waals surface area contributed by atoms with Gasteiger partial charge in [-0.15, -0.1) is 0 Å². The maximum atomic E-state index is 11.9. The molecule has 1 saturated heterocycles. The van der Waals surface area contributed by atoms with Crippen molar-refractivity contribution in [1.29, 1.82) is 0 Å². The van der Waals surface area contributed by atoms with E-state index in [0.29, 0.717) is 31.9 Å². The van der Waals surface area contributed by atoms with Gasteiger partial charge < -0.3 is 9.84 Å². The minimum atomic E-state index is -0.210. The second kappa shape index (κ2) is 5.65. The Hall–Kier alpha value is -0.860. The Labute approximate surface area is 113 Å². The van der Waals surface area contributed by atoms with Crippen LogP contribution in [0.5, 0.6) is 5.75 Å². The van der Waals surface area contributed by atoms with Crippen molar-refractivity contribution in [3.63, 3.8) is 0 Å². The van der Waals surface area contributed by atoms with Crippen molar-refractivity contribution in [1.82, 2.24) is 10.4 Å². The Balaban J connectivity index is 2.01. The molecule has 2 N–H and O–H groups in total. The SMILES string of the molecule is O=C(NN1CCOCC1)c1ccc(I)c(O)c1. The van der Waals surface area contributed by atoms with Crippen molar-refractivity contribution in [2.75, 3.05) is 26.3 Å². The van der Waals surface area contributed by atoms with Gasteiger partial charge in [-0.05, 0) is 40.8 Å². The number of aromatic hydroxyl groups is 1. The number of hydrazine groups is 1. The normalized spacial score (nSPS) is 16.8. The zero-order valence-corrected chi connectivity index (χ0v) is 11.3. The Bertz CT molecular complexity index is 419. The second-order valence-corrected chi connectivity index (χ2v) is 4.87. The van der Waals surface area contributed by atoms with Gasteiger partial charge in [0.15, 0.2) is 0 Å². The number of rotatable bonds is 2. The van der Waals surface area contributed by atoms with E-state index < -0.39 is 0 Å². The maximum absolute atomic E-state index is 11.9. The van der Waals surface area contributed by atoms with Gasteiger partial charge in [0.2, 0.25) is 0 Å². The smallest absolute Gasteiger partial charge is 0.265 e. The van der Waals surface area contributed by atoms with Gasteiger partial charge in [-0.2, -0.15) is 0 Å². The molecule has 1 aromatic carbocycles. The molecule has 1 fully saturated rings. The van der Waals surface area contributed by atoms with Gasteiger partial charge in [-0.1, -0.05) is 0 Å². The van der Waals surface area contributed by atoms with Crippen LogP contribution in [-0.2, 0) is 4.74 Å². The number of amides is 1. The summed E-state index contributed by atoms with van der Waals surface area (Å²) in [4.78, 5) is 11.9. The van der Waals surface area contributed by atoms with Crippen molar-refractivity contribution in [2.45, 2.75) is 0 Å². The van der Waals surface area contributed by atoms with Crippen molar-refractivity contribution in [3.8, 4) is 5.75 Å². The summed E-state index contributed by atoms with van der Waals surface area (Å²) < 4.78 is 5.92. The van der Waals surface area contributed by atoms with Gasteiger partial charge in [0.25, 0.3) is 5.91 Å². The molecule has 0 aromatic heterocycles. The fourth-order valence-corrected chi connectivity index (χ4v) is 1.87. The zero-order valence-electron chi connectivity index (χ0n) is 9.15. The second-order valence-electron chi connectivity index (χ2n) is 3.71. The van der Waals surface area contributed by atoms with Crippen LogP contribution in [0.25, 0.3) is 0 Å². The van der Waals surface area contributed by atoms with Gasteiger partial charge in [0.05, 0.1) is 16.8 Å². The molecule has 6 heteroatoms. The number of nitrogens with zero attached hydrogens (tertiary/aromatic N) is 1. The number of benzene rings is 1. The molecule has 2 rings (SSSR count). The number of ether oxygens (including phenoxy) is 1. The van der Waals surface area contributed by atoms with E-state index in [1.54, 1.807) is 12.1 Å². The number of carbonyl (C=O) groups is 1. The molecule has 1 amide bonds. The van der Waals surface area contributed by atoms with Crippen LogP contribution in [0.1, 0.15) is 10.4 Å². The fourth-order valence-electron chi connectivity index (χ4n) is 1.54. The van der Waals surface area contributed by atoms with E-state index in [4.69, 9.17) is 4.74 Å². The highest BCUT2D eigenvalue weighted by molar-refractivity contribution is 14.1. The highest BCUT2D eigenvalue weighted by Crippen LogP contribution is 2.20. The van der Waals surface area contributed by atoms with Crippen LogP contribution in [0, 0.1) is 3.57 Å². The van der Waals surface area contributed by atoms with Crippen LogP contribution in [0.4, 0.5) is 0 Å². The molecule has 1 heterocycles. The van der Waals surface area contributed by atoms with Crippen LogP contribution in [0.3, 0.4) is 0 Å². The lowest BCUT2D eigenvalue weighted by Crippen LogP contribution is -2.48. The lowest BCUT2D eigenvalue weighted by atomic mass is 10.2. The third-order valence-electron chi connectivity index (χ3n) is 2.48. The van der Waals surface area contributed by atoms with E-state index in [1.807, 2.05) is 27.6 Å². The summed E-state index contributed by atoms with van der Waals surface area (Å²) in [5.41, 5.74) is 3.24. The predicted octanol–water partition coefficient (Wildman–Crippen LogP) is 0.974. The third-order valence-corrected chi connectivity index (χ3v) is 3.39. The number of phenolic OH excluding ortho intramolecular Hbond substituents is 1. The van der Waals surface area contributed by atoms with Crippen molar-refractivity contribution in [2.24, 2.45) is 0 Å². The molecule has 92 valence electrons. The van der Waals surface area contributed by atoms with Gasteiger partial charge in [0, 0.05) is 18.7 Å². The molecule has 1 aliphatic rings. The Morgan fingerprint density at radius 1 is 1.41 bits per heavy atom. The first-order valence-corrected chi connectivity index (χ1v) is 6.37. The lowest BCUT2D eigenvalue weighted by Gasteiger charge is -2.26. The van der Waals surface area contributed by atoms with E-state index in [1.165, 1.54) is 6.07 Å².